The van der Waals surface area contributed by atoms with Crippen LogP contribution in [0.5, 0.6) is 0 Å². The predicted octanol–water partition coefficient (Wildman–Crippen LogP) is 4.24. The van der Waals surface area contributed by atoms with Crippen LogP contribution < -0.4 is 11.1 Å². The van der Waals surface area contributed by atoms with E-state index in [0.29, 0.717) is 34.7 Å². The van der Waals surface area contributed by atoms with Crippen molar-refractivity contribution in [2.75, 3.05) is 50.4 Å². The first-order valence-electron chi connectivity index (χ1n) is 12.6. The van der Waals surface area contributed by atoms with Crippen LogP contribution in [-0.4, -0.2) is 71.2 Å². The van der Waals surface area contributed by atoms with Crippen molar-refractivity contribution < 1.29 is 13.9 Å². The van der Waals surface area contributed by atoms with Crippen molar-refractivity contribution >= 4 is 34.8 Å². The largest absolute Gasteiger partial charge is 0.398 e. The minimum Gasteiger partial charge on any atom is -0.398 e. The van der Waals surface area contributed by atoms with Crippen LogP contribution in [0.2, 0.25) is 0 Å². The van der Waals surface area contributed by atoms with Gasteiger partial charge in [-0.1, -0.05) is 12.1 Å². The number of nitrogens with zero attached hydrogens (tertiary/aromatic N) is 5. The summed E-state index contributed by atoms with van der Waals surface area (Å²) in [5, 5.41) is 9.78. The molecular formula is C28H30FN7O2S. The molecule has 4 aromatic rings. The molecule has 2 aromatic carbocycles. The molecule has 1 saturated heterocycles. The molecule has 3 heterocycles. The van der Waals surface area contributed by atoms with Gasteiger partial charge in [-0.05, 0) is 36.8 Å². The van der Waals surface area contributed by atoms with Gasteiger partial charge in [0.25, 0.3) is 5.91 Å². The number of hydrogen-bond donors (Lipinski definition) is 2. The first-order valence-corrected chi connectivity index (χ1v) is 13.5. The topological polar surface area (TPSA) is 111 Å². The molecule has 202 valence electrons. The molecule has 9 nitrogen and oxygen atoms in total. The van der Waals surface area contributed by atoms with Gasteiger partial charge < -0.3 is 15.8 Å². The highest BCUT2D eigenvalue weighted by Gasteiger charge is 2.18. The Labute approximate surface area is 230 Å². The number of nitrogen functional groups attached to an aromatic ring is 1. The highest BCUT2D eigenvalue weighted by Crippen LogP contribution is 2.33. The summed E-state index contributed by atoms with van der Waals surface area (Å²) in [5.41, 5.74) is 11.5. The lowest BCUT2D eigenvalue weighted by molar-refractivity contribution is 0.0395. The van der Waals surface area contributed by atoms with Crippen LogP contribution in [0, 0.1) is 12.7 Å². The molecule has 11 heteroatoms. The Bertz CT molecular complexity index is 1490. The van der Waals surface area contributed by atoms with Crippen molar-refractivity contribution in [3.8, 4) is 21.7 Å². The smallest absolute Gasteiger partial charge is 0.275 e. The highest BCUT2D eigenvalue weighted by atomic mass is 32.1. The number of aliphatic imine (C=N–C) groups is 1. The number of anilines is 2. The standard InChI is InChI=1S/C28H30FN7O2S/c1-18-23(16-35(2)34-18)28-33-26(17-39-28)27(37)32-25-13-20(15-31-7-8-36-9-11-38-12-10-36)24(30)14-22(25)19-3-5-21(29)6-4-19/h3-6,13-17H,7-12,30H2,1-2H3,(H,32,37). The number of nitrogens with one attached hydrogen (secondary N) is 1. The Kier molecular flexibility index (Phi) is 8.10. The van der Waals surface area contributed by atoms with Gasteiger partial charge in [0.1, 0.15) is 16.5 Å². The minimum absolute atomic E-state index is 0.292. The lowest BCUT2D eigenvalue weighted by atomic mass is 10.00. The van der Waals surface area contributed by atoms with E-state index in [1.807, 2.05) is 20.2 Å². The highest BCUT2D eigenvalue weighted by molar-refractivity contribution is 7.13. The monoisotopic (exact) mass is 547 g/mol. The maximum absolute atomic E-state index is 13.6. The third-order valence-corrected chi connectivity index (χ3v) is 7.36. The second-order valence-electron chi connectivity index (χ2n) is 9.32. The second kappa shape index (κ2) is 11.9. The Morgan fingerprint density at radius 2 is 2.00 bits per heavy atom. The number of hydrogen-bond acceptors (Lipinski definition) is 8. The second-order valence-corrected chi connectivity index (χ2v) is 10.2. The van der Waals surface area contributed by atoms with Gasteiger partial charge in [0.15, 0.2) is 0 Å². The maximum Gasteiger partial charge on any atom is 0.275 e. The molecular weight excluding hydrogens is 517 g/mol. The number of thiazole rings is 1. The molecule has 0 radical (unpaired) electrons. The van der Waals surface area contributed by atoms with E-state index in [2.05, 4.69) is 25.3 Å². The zero-order valence-corrected chi connectivity index (χ0v) is 22.7. The van der Waals surface area contributed by atoms with E-state index in [4.69, 9.17) is 10.5 Å². The third-order valence-electron chi connectivity index (χ3n) is 6.49. The number of rotatable bonds is 8. The van der Waals surface area contributed by atoms with Crippen LogP contribution in [0.15, 0.2) is 53.0 Å². The van der Waals surface area contributed by atoms with Gasteiger partial charge >= 0.3 is 0 Å². The summed E-state index contributed by atoms with van der Waals surface area (Å²) in [7, 11) is 1.85. The fraction of sp³-hybridized carbons (Fsp3) is 0.286. The maximum atomic E-state index is 13.6. The predicted molar refractivity (Wildman–Crippen MR) is 153 cm³/mol. The summed E-state index contributed by atoms with van der Waals surface area (Å²) < 4.78 is 20.7. The summed E-state index contributed by atoms with van der Waals surface area (Å²) in [5.74, 6) is -0.704. The van der Waals surface area contributed by atoms with Crippen LogP contribution >= 0.6 is 11.3 Å². The molecule has 0 atom stereocenters. The zero-order chi connectivity index (χ0) is 27.4. The third kappa shape index (κ3) is 6.39. The minimum atomic E-state index is -0.359. The molecule has 1 amide bonds. The zero-order valence-electron chi connectivity index (χ0n) is 21.9. The average molecular weight is 548 g/mol. The quantitative estimate of drug-likeness (QED) is 0.252. The van der Waals surface area contributed by atoms with E-state index >= 15 is 0 Å². The van der Waals surface area contributed by atoms with E-state index < -0.39 is 0 Å². The SMILES string of the molecule is Cc1nn(C)cc1-c1nc(C(=O)Nc2cc(C=NCCN3CCOCC3)c(N)cc2-c2ccc(F)cc2)cs1. The van der Waals surface area contributed by atoms with Crippen LogP contribution in [0.1, 0.15) is 21.7 Å². The molecule has 3 N–H and O–H groups in total. The molecule has 1 aliphatic rings. The molecule has 0 spiro atoms. The van der Waals surface area contributed by atoms with Crippen LogP contribution in [-0.2, 0) is 11.8 Å². The van der Waals surface area contributed by atoms with Crippen molar-refractivity contribution in [3.63, 3.8) is 0 Å². The van der Waals surface area contributed by atoms with Crippen LogP contribution in [0.4, 0.5) is 15.8 Å². The van der Waals surface area contributed by atoms with E-state index in [1.54, 1.807) is 40.5 Å². The summed E-state index contributed by atoms with van der Waals surface area (Å²) in [6.07, 6.45) is 3.61. The van der Waals surface area contributed by atoms with Crippen molar-refractivity contribution in [2.45, 2.75) is 6.92 Å². The van der Waals surface area contributed by atoms with Crippen molar-refractivity contribution in [1.29, 1.82) is 0 Å². The Hall–Kier alpha value is -3.93. The van der Waals surface area contributed by atoms with E-state index in [-0.39, 0.29) is 11.7 Å². The molecule has 0 bridgehead atoms. The number of nitrogens with two attached hydrogens (primary N) is 1. The number of carbonyl (C=O) groups is 1. The molecule has 0 saturated carbocycles. The van der Waals surface area contributed by atoms with E-state index in [9.17, 15) is 9.18 Å². The lowest BCUT2D eigenvalue weighted by Crippen LogP contribution is -2.37. The van der Waals surface area contributed by atoms with Gasteiger partial charge in [0.2, 0.25) is 0 Å². The van der Waals surface area contributed by atoms with Gasteiger partial charge in [0, 0.05) is 67.0 Å². The molecule has 0 aliphatic carbocycles. The Balaban J connectivity index is 1.40. The van der Waals surface area contributed by atoms with Gasteiger partial charge in [-0.3, -0.25) is 19.4 Å². The summed E-state index contributed by atoms with van der Waals surface area (Å²) in [6.45, 7) is 6.65. The summed E-state index contributed by atoms with van der Waals surface area (Å²) in [4.78, 5) is 24.7. The number of aryl methyl sites for hydroxylation is 2. The van der Waals surface area contributed by atoms with E-state index in [0.717, 1.165) is 54.7 Å². The van der Waals surface area contributed by atoms with Crippen LogP contribution in [0.3, 0.4) is 0 Å². The van der Waals surface area contributed by atoms with Gasteiger partial charge in [-0.25, -0.2) is 9.37 Å². The van der Waals surface area contributed by atoms with E-state index in [1.165, 1.54) is 23.5 Å². The first-order chi connectivity index (χ1) is 18.9. The molecule has 1 fully saturated rings. The van der Waals surface area contributed by atoms with Gasteiger partial charge in [-0.15, -0.1) is 11.3 Å². The number of benzene rings is 2. The number of morpholine rings is 1. The molecule has 2 aromatic heterocycles. The average Bonchev–Trinajstić information content (AvgIpc) is 3.55. The number of ether oxygens (including phenoxy) is 1. The normalized spacial score (nSPS) is 14.2. The van der Waals surface area contributed by atoms with Crippen molar-refractivity contribution in [1.82, 2.24) is 19.7 Å². The summed E-state index contributed by atoms with van der Waals surface area (Å²) >= 11 is 1.38. The molecule has 5 rings (SSSR count). The number of aromatic nitrogens is 3. The van der Waals surface area contributed by atoms with Crippen molar-refractivity contribution in [3.05, 3.63) is 70.7 Å². The molecule has 39 heavy (non-hydrogen) atoms. The first kappa shape index (κ1) is 26.7. The summed E-state index contributed by atoms with van der Waals surface area (Å²) in [6, 6.07) is 9.63. The van der Waals surface area contributed by atoms with Gasteiger partial charge in [-0.2, -0.15) is 5.10 Å². The van der Waals surface area contributed by atoms with Gasteiger partial charge in [0.05, 0.1) is 31.0 Å². The molecule has 0 unspecified atom stereocenters. The number of amides is 1. The Morgan fingerprint density at radius 3 is 2.72 bits per heavy atom. The fourth-order valence-corrected chi connectivity index (χ4v) is 5.26. The van der Waals surface area contributed by atoms with Crippen molar-refractivity contribution in [2.24, 2.45) is 12.0 Å². The number of halogens is 1. The Morgan fingerprint density at radius 1 is 1.23 bits per heavy atom. The van der Waals surface area contributed by atoms with Crippen LogP contribution in [0.25, 0.3) is 21.7 Å². The lowest BCUT2D eigenvalue weighted by Gasteiger charge is -2.25. The molecule has 1 aliphatic heterocycles. The number of carbonyl (C=O) groups excluding carboxylic acids is 1. The fourth-order valence-electron chi connectivity index (χ4n) is 4.40.